The summed E-state index contributed by atoms with van der Waals surface area (Å²) in [6.45, 7) is 6.53. The topological polar surface area (TPSA) is 75.7 Å². The first-order valence-electron chi connectivity index (χ1n) is 15.4. The van der Waals surface area contributed by atoms with Crippen LogP contribution in [0.5, 0.6) is 11.6 Å². The van der Waals surface area contributed by atoms with E-state index in [1.54, 1.807) is 14.2 Å². The smallest absolute Gasteiger partial charge is 0.228 e. The molecule has 3 aromatic carbocycles. The maximum absolute atomic E-state index is 11.9. The number of amides is 1. The third-order valence-corrected chi connectivity index (χ3v) is 9.93. The van der Waals surface area contributed by atoms with Gasteiger partial charge in [0.15, 0.2) is 0 Å². The minimum absolute atomic E-state index is 0.0468. The largest absolute Gasteiger partial charge is 0.496 e. The third-order valence-electron chi connectivity index (χ3n) is 9.11. The lowest BCUT2D eigenvalue weighted by molar-refractivity contribution is -0.119. The van der Waals surface area contributed by atoms with E-state index in [0.717, 1.165) is 69.1 Å². The van der Waals surface area contributed by atoms with Crippen molar-refractivity contribution in [1.82, 2.24) is 20.5 Å². The Balaban J connectivity index is 1.34. The molecule has 6 rings (SSSR count). The molecule has 2 aliphatic heterocycles. The summed E-state index contributed by atoms with van der Waals surface area (Å²) in [5.74, 6) is 1.43. The highest BCUT2D eigenvalue weighted by Gasteiger charge is 2.36. The molecule has 0 radical (unpaired) electrons. The Kier molecular flexibility index (Phi) is 9.12. The number of aromatic nitrogens is 1. The molecule has 46 heavy (non-hydrogen) atoms. The number of nitrogens with zero attached hydrogens (tertiary/aromatic N) is 2. The lowest BCUT2D eigenvalue weighted by Crippen LogP contribution is -2.50. The first kappa shape index (κ1) is 32.1. The Bertz CT molecular complexity index is 1840. The number of halogens is 2. The van der Waals surface area contributed by atoms with Crippen LogP contribution in [0.3, 0.4) is 0 Å². The van der Waals surface area contributed by atoms with Crippen molar-refractivity contribution in [3.63, 3.8) is 0 Å². The lowest BCUT2D eigenvalue weighted by Gasteiger charge is -2.42. The van der Waals surface area contributed by atoms with Crippen molar-refractivity contribution < 1.29 is 14.3 Å². The summed E-state index contributed by atoms with van der Waals surface area (Å²) in [5.41, 5.74) is 9.06. The predicted molar refractivity (Wildman–Crippen MR) is 185 cm³/mol. The molecule has 0 bridgehead atoms. The summed E-state index contributed by atoms with van der Waals surface area (Å²) in [7, 11) is 5.22. The molecule has 0 aliphatic carbocycles. The number of carbonyl (C=O) groups is 1. The van der Waals surface area contributed by atoms with Crippen molar-refractivity contribution in [3.8, 4) is 45.1 Å². The molecule has 7 nitrogen and oxygen atoms in total. The van der Waals surface area contributed by atoms with Crippen molar-refractivity contribution >= 4 is 29.1 Å². The number of methoxy groups -OCH3 is 2. The van der Waals surface area contributed by atoms with E-state index >= 15 is 0 Å². The molecule has 0 spiro atoms. The molecule has 0 unspecified atom stereocenters. The average Bonchev–Trinajstić information content (AvgIpc) is 3.52. The summed E-state index contributed by atoms with van der Waals surface area (Å²) in [6.07, 6.45) is 3.28. The molecule has 0 atom stereocenters. The van der Waals surface area contributed by atoms with Crippen LogP contribution in [0.2, 0.25) is 10.0 Å². The van der Waals surface area contributed by atoms with Gasteiger partial charge < -0.3 is 20.1 Å². The fraction of sp³-hybridized carbons (Fsp3) is 0.297. The second kappa shape index (κ2) is 13.1. The number of ether oxygens (including phenoxy) is 2. The van der Waals surface area contributed by atoms with Crippen LogP contribution in [0.25, 0.3) is 33.5 Å². The van der Waals surface area contributed by atoms with Crippen molar-refractivity contribution in [1.29, 1.82) is 0 Å². The second-order valence-corrected chi connectivity index (χ2v) is 12.9. The number of hydrogen-bond donors (Lipinski definition) is 2. The molecule has 1 amide bonds. The molecule has 3 heterocycles. The number of hydrogen-bond acceptors (Lipinski definition) is 6. The molecule has 2 aliphatic rings. The van der Waals surface area contributed by atoms with Gasteiger partial charge in [-0.3, -0.25) is 9.69 Å². The van der Waals surface area contributed by atoms with Crippen molar-refractivity contribution in [3.05, 3.63) is 99.2 Å². The molecule has 4 aromatic rings. The van der Waals surface area contributed by atoms with Crippen molar-refractivity contribution in [2.45, 2.75) is 45.3 Å². The van der Waals surface area contributed by atoms with Crippen molar-refractivity contribution in [2.75, 3.05) is 27.8 Å². The summed E-state index contributed by atoms with van der Waals surface area (Å²) in [5, 5.41) is 7.36. The maximum Gasteiger partial charge on any atom is 0.228 e. The Labute approximate surface area is 280 Å². The molecule has 1 aromatic heterocycles. The van der Waals surface area contributed by atoms with Crippen LogP contribution in [0, 0.1) is 0 Å². The molecule has 2 N–H and O–H groups in total. The SMILES string of the molecule is CNCc1ccc(-c2cccc(-c3cccc(-c4cc5c(c(OC)c4)CN(C(C)(C)C4=CCC(=O)N4)CC5)c3Cl)c2Cl)nc1OC. The number of carbonyl (C=O) groups excluding carboxylic acids is 1. The highest BCUT2D eigenvalue weighted by atomic mass is 35.5. The number of rotatable bonds is 9. The Morgan fingerprint density at radius 1 is 0.957 bits per heavy atom. The summed E-state index contributed by atoms with van der Waals surface area (Å²) < 4.78 is 11.5. The second-order valence-electron chi connectivity index (χ2n) is 12.1. The van der Waals surface area contributed by atoms with Gasteiger partial charge in [-0.05, 0) is 50.6 Å². The minimum Gasteiger partial charge on any atom is -0.496 e. The van der Waals surface area contributed by atoms with Gasteiger partial charge >= 0.3 is 0 Å². The van der Waals surface area contributed by atoms with Gasteiger partial charge in [-0.1, -0.05) is 77.8 Å². The molecular weight excluding hydrogens is 619 g/mol. The van der Waals surface area contributed by atoms with Gasteiger partial charge in [0.2, 0.25) is 11.8 Å². The normalized spacial score (nSPS) is 14.9. The van der Waals surface area contributed by atoms with E-state index in [4.69, 9.17) is 37.7 Å². The minimum atomic E-state index is -0.311. The first-order chi connectivity index (χ1) is 22.2. The maximum atomic E-state index is 11.9. The van der Waals surface area contributed by atoms with Crippen LogP contribution in [0.1, 0.15) is 37.0 Å². The van der Waals surface area contributed by atoms with Gasteiger partial charge in [0.25, 0.3) is 0 Å². The van der Waals surface area contributed by atoms with E-state index in [9.17, 15) is 4.79 Å². The predicted octanol–water partition coefficient (Wildman–Crippen LogP) is 7.67. The Morgan fingerprint density at radius 3 is 2.30 bits per heavy atom. The van der Waals surface area contributed by atoms with Gasteiger partial charge in [0, 0.05) is 65.1 Å². The Hall–Kier alpha value is -3.88. The number of fused-ring (bicyclic) bond motifs is 1. The zero-order valence-corrected chi connectivity index (χ0v) is 28.3. The highest BCUT2D eigenvalue weighted by molar-refractivity contribution is 6.39. The van der Waals surface area contributed by atoms with Gasteiger partial charge in [0.05, 0.1) is 35.5 Å². The van der Waals surface area contributed by atoms with E-state index in [1.807, 2.05) is 61.7 Å². The zero-order valence-electron chi connectivity index (χ0n) is 26.8. The van der Waals surface area contributed by atoms with Crippen LogP contribution >= 0.6 is 23.2 Å². The van der Waals surface area contributed by atoms with Crippen LogP contribution in [-0.4, -0.2) is 49.1 Å². The van der Waals surface area contributed by atoms with Crippen LogP contribution < -0.4 is 20.1 Å². The standard InChI is InChI=1S/C37H38Cl2N4O3/c1-37(2,32-14-15-33(44)42-32)43-17-16-22-18-24(19-31(45-4)29(22)21-43)25-8-6-9-26(34(25)38)27-10-7-11-28(35(27)39)30-13-12-23(20-40-3)36(41-30)46-5/h6-14,18-19,40H,15-17,20-21H2,1-5H3,(H,42,44). The van der Waals surface area contributed by atoms with Crippen LogP contribution in [0.15, 0.2) is 72.4 Å². The third kappa shape index (κ3) is 5.89. The summed E-state index contributed by atoms with van der Waals surface area (Å²) >= 11 is 14.3. The fourth-order valence-electron chi connectivity index (χ4n) is 6.49. The van der Waals surface area contributed by atoms with Crippen LogP contribution in [0.4, 0.5) is 0 Å². The quantitative estimate of drug-likeness (QED) is 0.193. The fourth-order valence-corrected chi connectivity index (χ4v) is 7.15. The average molecular weight is 658 g/mol. The highest BCUT2D eigenvalue weighted by Crippen LogP contribution is 2.44. The molecule has 238 valence electrons. The van der Waals surface area contributed by atoms with E-state index in [1.165, 1.54) is 5.56 Å². The van der Waals surface area contributed by atoms with Crippen molar-refractivity contribution in [2.24, 2.45) is 0 Å². The Morgan fingerprint density at radius 2 is 1.65 bits per heavy atom. The first-order valence-corrected chi connectivity index (χ1v) is 16.1. The molecule has 0 saturated heterocycles. The zero-order chi connectivity index (χ0) is 32.6. The van der Waals surface area contributed by atoms with E-state index < -0.39 is 0 Å². The van der Waals surface area contributed by atoms with Gasteiger partial charge in [0.1, 0.15) is 5.75 Å². The lowest BCUT2D eigenvalue weighted by atomic mass is 9.89. The monoisotopic (exact) mass is 656 g/mol. The number of nitrogens with one attached hydrogen (secondary N) is 2. The van der Waals surface area contributed by atoms with Gasteiger partial charge in [-0.15, -0.1) is 0 Å². The molecule has 0 fully saturated rings. The summed E-state index contributed by atoms with van der Waals surface area (Å²) in [4.78, 5) is 19.1. The van der Waals surface area contributed by atoms with Gasteiger partial charge in [-0.2, -0.15) is 0 Å². The number of benzene rings is 3. The van der Waals surface area contributed by atoms with E-state index in [2.05, 4.69) is 41.5 Å². The summed E-state index contributed by atoms with van der Waals surface area (Å²) in [6, 6.07) is 20.2. The van der Waals surface area contributed by atoms with Crippen LogP contribution in [-0.2, 0) is 24.3 Å². The van der Waals surface area contributed by atoms with E-state index in [-0.39, 0.29) is 11.4 Å². The molecule has 9 heteroatoms. The van der Waals surface area contributed by atoms with Gasteiger partial charge in [-0.25, -0.2) is 4.98 Å². The number of pyridine rings is 1. The molecule has 0 saturated carbocycles. The van der Waals surface area contributed by atoms with E-state index in [0.29, 0.717) is 35.4 Å². The molecular formula is C37H38Cl2N4O3.